The first kappa shape index (κ1) is 20.7. The smallest absolute Gasteiger partial charge is 0.119 e. The van der Waals surface area contributed by atoms with Crippen LogP contribution in [0.15, 0.2) is 24.3 Å². The van der Waals surface area contributed by atoms with Gasteiger partial charge < -0.3 is 30.3 Å². The van der Waals surface area contributed by atoms with Gasteiger partial charge in [0.15, 0.2) is 0 Å². The second-order valence-corrected chi connectivity index (χ2v) is 6.53. The summed E-state index contributed by atoms with van der Waals surface area (Å²) in [5.74, 6) is 1.35. The molecule has 0 radical (unpaired) electrons. The quantitative estimate of drug-likeness (QED) is 0.457. The molecule has 0 fully saturated rings. The summed E-state index contributed by atoms with van der Waals surface area (Å²) in [4.78, 5) is 0. The zero-order valence-electron chi connectivity index (χ0n) is 15.2. The van der Waals surface area contributed by atoms with Crippen LogP contribution in [0.1, 0.15) is 27.7 Å². The Morgan fingerprint density at radius 3 is 1.38 bits per heavy atom. The average molecular weight is 340 g/mol. The molecule has 2 atom stereocenters. The third-order valence-corrected chi connectivity index (χ3v) is 3.23. The third-order valence-electron chi connectivity index (χ3n) is 3.23. The fourth-order valence-corrected chi connectivity index (χ4v) is 1.88. The number of hydrogen-bond acceptors (Lipinski definition) is 6. The number of hydrogen-bond donors (Lipinski definition) is 4. The van der Waals surface area contributed by atoms with Gasteiger partial charge in [0.1, 0.15) is 36.9 Å². The van der Waals surface area contributed by atoms with Crippen molar-refractivity contribution >= 4 is 0 Å². The lowest BCUT2D eigenvalue weighted by atomic mass is 10.3. The largest absolute Gasteiger partial charge is 0.491 e. The molecule has 0 aliphatic carbocycles. The summed E-state index contributed by atoms with van der Waals surface area (Å²) in [7, 11) is 0. The summed E-state index contributed by atoms with van der Waals surface area (Å²) < 4.78 is 11.1. The number of aliphatic hydroxyl groups excluding tert-OH is 2. The molecule has 6 heteroatoms. The Morgan fingerprint density at radius 2 is 1.08 bits per heavy atom. The molecule has 4 N–H and O–H groups in total. The Hall–Kier alpha value is -1.34. The Morgan fingerprint density at radius 1 is 0.750 bits per heavy atom. The predicted molar refractivity (Wildman–Crippen MR) is 95.7 cm³/mol. The number of benzene rings is 1. The van der Waals surface area contributed by atoms with Gasteiger partial charge in [-0.05, 0) is 24.3 Å². The fraction of sp³-hybridized carbons (Fsp3) is 0.667. The standard InChI is InChI=1S/C18H32N2O4/c1-13(2)19-9-15(21)11-23-17-5-7-18(8-6-17)24-12-16(22)10-20-14(3)4/h5-8,13-16,19-22H,9-12H2,1-4H3/t15-,16-/m0/s1. The van der Waals surface area contributed by atoms with Crippen LogP contribution in [-0.4, -0.2) is 60.8 Å². The first-order valence-corrected chi connectivity index (χ1v) is 8.55. The molecule has 0 aliphatic heterocycles. The summed E-state index contributed by atoms with van der Waals surface area (Å²) in [6.45, 7) is 9.59. The lowest BCUT2D eigenvalue weighted by Crippen LogP contribution is -2.35. The van der Waals surface area contributed by atoms with E-state index in [1.807, 2.05) is 27.7 Å². The minimum atomic E-state index is -0.549. The summed E-state index contributed by atoms with van der Waals surface area (Å²) in [5.41, 5.74) is 0. The van der Waals surface area contributed by atoms with Crippen LogP contribution in [0.4, 0.5) is 0 Å². The van der Waals surface area contributed by atoms with Gasteiger partial charge in [0.05, 0.1) is 0 Å². The molecule has 0 spiro atoms. The Kier molecular flexibility index (Phi) is 9.71. The Bertz CT molecular complexity index is 396. The van der Waals surface area contributed by atoms with Gasteiger partial charge in [-0.3, -0.25) is 0 Å². The number of nitrogens with one attached hydrogen (secondary N) is 2. The highest BCUT2D eigenvalue weighted by atomic mass is 16.5. The molecule has 1 aromatic rings. The van der Waals surface area contributed by atoms with Crippen LogP contribution in [0.5, 0.6) is 11.5 Å². The number of aliphatic hydroxyl groups is 2. The average Bonchev–Trinajstić information content (AvgIpc) is 2.55. The van der Waals surface area contributed by atoms with E-state index in [9.17, 15) is 10.2 Å². The van der Waals surface area contributed by atoms with Crippen molar-refractivity contribution in [2.75, 3.05) is 26.3 Å². The summed E-state index contributed by atoms with van der Waals surface area (Å²) >= 11 is 0. The molecule has 138 valence electrons. The second kappa shape index (κ2) is 11.3. The van der Waals surface area contributed by atoms with Crippen LogP contribution in [0, 0.1) is 0 Å². The lowest BCUT2D eigenvalue weighted by molar-refractivity contribution is 0.103. The van der Waals surface area contributed by atoms with E-state index in [1.165, 1.54) is 0 Å². The van der Waals surface area contributed by atoms with Gasteiger partial charge in [-0.25, -0.2) is 0 Å². The SMILES string of the molecule is CC(C)NC[C@H](O)COc1ccc(OC[C@@H](O)CNC(C)C)cc1. The van der Waals surface area contributed by atoms with Crippen LogP contribution in [0.25, 0.3) is 0 Å². The highest BCUT2D eigenvalue weighted by molar-refractivity contribution is 5.31. The van der Waals surface area contributed by atoms with Crippen molar-refractivity contribution in [2.45, 2.75) is 52.0 Å². The highest BCUT2D eigenvalue weighted by Crippen LogP contribution is 2.17. The van der Waals surface area contributed by atoms with E-state index < -0.39 is 12.2 Å². The van der Waals surface area contributed by atoms with Crippen LogP contribution in [0.3, 0.4) is 0 Å². The van der Waals surface area contributed by atoms with E-state index >= 15 is 0 Å². The van der Waals surface area contributed by atoms with Gasteiger partial charge in [-0.1, -0.05) is 27.7 Å². The zero-order valence-corrected chi connectivity index (χ0v) is 15.2. The molecule has 0 unspecified atom stereocenters. The fourth-order valence-electron chi connectivity index (χ4n) is 1.88. The molecule has 6 nitrogen and oxygen atoms in total. The molecule has 0 heterocycles. The second-order valence-electron chi connectivity index (χ2n) is 6.53. The van der Waals surface area contributed by atoms with E-state index in [2.05, 4.69) is 10.6 Å². The highest BCUT2D eigenvalue weighted by Gasteiger charge is 2.08. The van der Waals surface area contributed by atoms with Crippen LogP contribution >= 0.6 is 0 Å². The number of ether oxygens (including phenoxy) is 2. The molecule has 1 rings (SSSR count). The van der Waals surface area contributed by atoms with Gasteiger partial charge in [0.2, 0.25) is 0 Å². The summed E-state index contributed by atoms with van der Waals surface area (Å²) in [6.07, 6.45) is -1.10. The molecule has 0 saturated carbocycles. The molecule has 0 bridgehead atoms. The van der Waals surface area contributed by atoms with Gasteiger partial charge in [-0.2, -0.15) is 0 Å². The van der Waals surface area contributed by atoms with E-state index in [-0.39, 0.29) is 13.2 Å². The molecule has 0 saturated heterocycles. The maximum Gasteiger partial charge on any atom is 0.119 e. The van der Waals surface area contributed by atoms with Crippen molar-refractivity contribution in [3.63, 3.8) is 0 Å². The van der Waals surface area contributed by atoms with E-state index in [0.29, 0.717) is 36.7 Å². The topological polar surface area (TPSA) is 83.0 Å². The summed E-state index contributed by atoms with van der Waals surface area (Å²) in [5, 5.41) is 25.9. The first-order valence-electron chi connectivity index (χ1n) is 8.55. The van der Waals surface area contributed by atoms with E-state index in [4.69, 9.17) is 9.47 Å². The third kappa shape index (κ3) is 9.72. The van der Waals surface area contributed by atoms with Gasteiger partial charge in [0.25, 0.3) is 0 Å². The van der Waals surface area contributed by atoms with Gasteiger partial charge in [-0.15, -0.1) is 0 Å². The molecule has 0 aliphatic rings. The van der Waals surface area contributed by atoms with Crippen molar-refractivity contribution in [3.8, 4) is 11.5 Å². The molecule has 1 aromatic carbocycles. The molecule has 0 amide bonds. The van der Waals surface area contributed by atoms with Crippen molar-refractivity contribution in [3.05, 3.63) is 24.3 Å². The summed E-state index contributed by atoms with van der Waals surface area (Å²) in [6, 6.07) is 7.82. The van der Waals surface area contributed by atoms with Gasteiger partial charge in [0, 0.05) is 25.2 Å². The minimum Gasteiger partial charge on any atom is -0.491 e. The van der Waals surface area contributed by atoms with Crippen molar-refractivity contribution in [1.29, 1.82) is 0 Å². The van der Waals surface area contributed by atoms with Crippen molar-refractivity contribution < 1.29 is 19.7 Å². The number of rotatable bonds is 12. The molecule has 24 heavy (non-hydrogen) atoms. The normalized spacial score (nSPS) is 14.0. The monoisotopic (exact) mass is 340 g/mol. The van der Waals surface area contributed by atoms with E-state index in [1.54, 1.807) is 24.3 Å². The van der Waals surface area contributed by atoms with E-state index in [0.717, 1.165) is 0 Å². The predicted octanol–water partition coefficient (Wildman–Crippen LogP) is 1.16. The Balaban J connectivity index is 2.27. The maximum atomic E-state index is 9.80. The van der Waals surface area contributed by atoms with Gasteiger partial charge >= 0.3 is 0 Å². The first-order chi connectivity index (χ1) is 11.4. The van der Waals surface area contributed by atoms with Crippen LogP contribution < -0.4 is 20.1 Å². The Labute approximate surface area is 145 Å². The lowest BCUT2D eigenvalue weighted by Gasteiger charge is -2.16. The zero-order chi connectivity index (χ0) is 17.9. The van der Waals surface area contributed by atoms with Crippen molar-refractivity contribution in [2.24, 2.45) is 0 Å². The maximum absolute atomic E-state index is 9.80. The molecular weight excluding hydrogens is 308 g/mol. The minimum absolute atomic E-state index is 0.236. The van der Waals surface area contributed by atoms with Crippen molar-refractivity contribution in [1.82, 2.24) is 10.6 Å². The van der Waals surface area contributed by atoms with Crippen LogP contribution in [0.2, 0.25) is 0 Å². The molecular formula is C18H32N2O4. The van der Waals surface area contributed by atoms with Crippen LogP contribution in [-0.2, 0) is 0 Å². The molecule has 0 aromatic heterocycles.